The molecule has 1 saturated carbocycles. The van der Waals surface area contributed by atoms with Crippen molar-refractivity contribution in [2.45, 2.75) is 59.3 Å². The first-order valence-electron chi connectivity index (χ1n) is 7.18. The summed E-state index contributed by atoms with van der Waals surface area (Å²) in [5.74, 6) is 0.290. The summed E-state index contributed by atoms with van der Waals surface area (Å²) in [5, 5.41) is 6.18. The Labute approximate surface area is 110 Å². The fourth-order valence-electron chi connectivity index (χ4n) is 1.89. The van der Waals surface area contributed by atoms with Crippen LogP contribution in [0.5, 0.6) is 0 Å². The lowest BCUT2D eigenvalue weighted by Gasteiger charge is -2.12. The molecule has 1 rings (SSSR count). The standard InChI is InChI=1S/C12H24N2O.C2H6.2H2/c1-3-12(7-8-12)11(15)14-10-6-4-5-9-13-2;1-2;;/h13H,3-10H2,1-2H3,(H,14,15);1-2H3;2*1H. The zero-order valence-electron chi connectivity index (χ0n) is 12.1. The van der Waals surface area contributed by atoms with Gasteiger partial charge in [0.15, 0.2) is 0 Å². The first kappa shape index (κ1) is 16.4. The van der Waals surface area contributed by atoms with E-state index in [1.807, 2.05) is 20.9 Å². The molecule has 0 bridgehead atoms. The highest BCUT2D eigenvalue weighted by molar-refractivity contribution is 5.85. The lowest BCUT2D eigenvalue weighted by molar-refractivity contribution is -0.126. The predicted molar refractivity (Wildman–Crippen MR) is 78.3 cm³/mol. The minimum atomic E-state index is 0. The van der Waals surface area contributed by atoms with Crippen molar-refractivity contribution in [1.82, 2.24) is 10.6 Å². The van der Waals surface area contributed by atoms with Crippen LogP contribution in [0.15, 0.2) is 0 Å². The molecule has 0 atom stereocenters. The summed E-state index contributed by atoms with van der Waals surface area (Å²) in [6.07, 6.45) is 6.68. The van der Waals surface area contributed by atoms with Crippen molar-refractivity contribution in [3.05, 3.63) is 0 Å². The van der Waals surface area contributed by atoms with Gasteiger partial charge >= 0.3 is 0 Å². The van der Waals surface area contributed by atoms with Crippen molar-refractivity contribution in [2.24, 2.45) is 5.41 Å². The molecule has 0 saturated heterocycles. The molecule has 0 unspecified atom stereocenters. The number of hydrogen-bond acceptors (Lipinski definition) is 2. The van der Waals surface area contributed by atoms with Crippen LogP contribution in [0.4, 0.5) is 0 Å². The molecule has 3 heteroatoms. The molecule has 0 aromatic carbocycles. The van der Waals surface area contributed by atoms with Gasteiger partial charge in [-0.1, -0.05) is 27.2 Å². The molecule has 1 fully saturated rings. The minimum absolute atomic E-state index is 0. The Morgan fingerprint density at radius 3 is 2.24 bits per heavy atom. The molecule has 0 aromatic rings. The van der Waals surface area contributed by atoms with E-state index in [9.17, 15) is 4.79 Å². The number of unbranched alkanes of at least 4 members (excludes halogenated alkanes) is 2. The molecule has 1 aliphatic carbocycles. The molecule has 1 aliphatic rings. The quantitative estimate of drug-likeness (QED) is 0.646. The van der Waals surface area contributed by atoms with E-state index >= 15 is 0 Å². The number of hydrogen-bond donors (Lipinski definition) is 2. The van der Waals surface area contributed by atoms with Gasteiger partial charge in [-0.2, -0.15) is 0 Å². The van der Waals surface area contributed by atoms with Gasteiger partial charge in [0.25, 0.3) is 0 Å². The minimum Gasteiger partial charge on any atom is -0.356 e. The van der Waals surface area contributed by atoms with E-state index in [0.717, 1.165) is 38.8 Å². The third-order valence-corrected chi connectivity index (χ3v) is 3.40. The lowest BCUT2D eigenvalue weighted by atomic mass is 10.0. The Bertz CT molecular complexity index is 210. The monoisotopic (exact) mass is 246 g/mol. The van der Waals surface area contributed by atoms with Crippen LogP contribution < -0.4 is 10.6 Å². The molecule has 106 valence electrons. The summed E-state index contributed by atoms with van der Waals surface area (Å²) >= 11 is 0. The second-order valence-electron chi connectivity index (χ2n) is 4.55. The van der Waals surface area contributed by atoms with E-state index in [-0.39, 0.29) is 8.27 Å². The van der Waals surface area contributed by atoms with Crippen molar-refractivity contribution in [2.75, 3.05) is 20.1 Å². The molecule has 2 N–H and O–H groups in total. The van der Waals surface area contributed by atoms with Gasteiger partial charge in [-0.25, -0.2) is 0 Å². The van der Waals surface area contributed by atoms with Crippen LogP contribution >= 0.6 is 0 Å². The smallest absolute Gasteiger partial charge is 0.226 e. The van der Waals surface area contributed by atoms with Crippen molar-refractivity contribution in [3.63, 3.8) is 0 Å². The second kappa shape index (κ2) is 9.46. The van der Waals surface area contributed by atoms with Gasteiger partial charge in [-0.3, -0.25) is 4.79 Å². The number of nitrogens with one attached hydrogen (secondary N) is 2. The van der Waals surface area contributed by atoms with Gasteiger partial charge in [0.05, 0.1) is 0 Å². The van der Waals surface area contributed by atoms with Crippen LogP contribution in [-0.2, 0) is 4.79 Å². The van der Waals surface area contributed by atoms with Crippen molar-refractivity contribution < 1.29 is 7.65 Å². The lowest BCUT2D eigenvalue weighted by Crippen LogP contribution is -2.32. The Kier molecular flexibility index (Phi) is 9.14. The maximum absolute atomic E-state index is 11.7. The molecule has 1 amide bonds. The summed E-state index contributed by atoms with van der Waals surface area (Å²) in [6.45, 7) is 8.04. The molecular formula is C14H34N2O. The fourth-order valence-corrected chi connectivity index (χ4v) is 1.89. The topological polar surface area (TPSA) is 41.1 Å². The van der Waals surface area contributed by atoms with Crippen molar-refractivity contribution >= 4 is 5.91 Å². The highest BCUT2D eigenvalue weighted by atomic mass is 16.2. The SMILES string of the molecule is CC.CCC1(C(=O)NCCCCCNC)CC1.[HH].[HH]. The van der Waals surface area contributed by atoms with Gasteiger partial charge in [-0.05, 0) is 45.7 Å². The van der Waals surface area contributed by atoms with Crippen molar-refractivity contribution in [3.8, 4) is 0 Å². The fraction of sp³-hybridized carbons (Fsp3) is 0.929. The summed E-state index contributed by atoms with van der Waals surface area (Å²) in [4.78, 5) is 11.7. The van der Waals surface area contributed by atoms with Crippen LogP contribution in [0.3, 0.4) is 0 Å². The van der Waals surface area contributed by atoms with E-state index in [2.05, 4.69) is 17.6 Å². The molecule has 0 spiro atoms. The van der Waals surface area contributed by atoms with Crippen molar-refractivity contribution in [1.29, 1.82) is 0 Å². The van der Waals surface area contributed by atoms with Gasteiger partial charge in [0, 0.05) is 14.8 Å². The largest absolute Gasteiger partial charge is 0.356 e. The van der Waals surface area contributed by atoms with Crippen LogP contribution in [0.25, 0.3) is 0 Å². The first-order valence-corrected chi connectivity index (χ1v) is 7.18. The zero-order chi connectivity index (χ0) is 13.1. The molecule has 0 radical (unpaired) electrons. The Morgan fingerprint density at radius 1 is 1.18 bits per heavy atom. The van der Waals surface area contributed by atoms with Gasteiger partial charge in [0.1, 0.15) is 0 Å². The summed E-state index contributed by atoms with van der Waals surface area (Å²) in [5.41, 5.74) is 0.0327. The first-order chi connectivity index (χ1) is 8.25. The van der Waals surface area contributed by atoms with Gasteiger partial charge in [0.2, 0.25) is 5.91 Å². The molecule has 0 heterocycles. The van der Waals surface area contributed by atoms with Crippen LogP contribution in [0.1, 0.15) is 62.1 Å². The molecular weight excluding hydrogens is 212 g/mol. The van der Waals surface area contributed by atoms with Crippen LogP contribution in [-0.4, -0.2) is 26.0 Å². The molecule has 3 nitrogen and oxygen atoms in total. The van der Waals surface area contributed by atoms with Gasteiger partial charge in [-0.15, -0.1) is 0 Å². The summed E-state index contributed by atoms with van der Waals surface area (Å²) < 4.78 is 0. The predicted octanol–water partition coefficient (Wildman–Crippen LogP) is 3.20. The van der Waals surface area contributed by atoms with E-state index in [1.54, 1.807) is 0 Å². The van der Waals surface area contributed by atoms with E-state index in [0.29, 0.717) is 5.91 Å². The summed E-state index contributed by atoms with van der Waals surface area (Å²) in [7, 11) is 1.97. The molecule has 0 aliphatic heterocycles. The number of amides is 1. The van der Waals surface area contributed by atoms with Gasteiger partial charge < -0.3 is 10.6 Å². The maximum atomic E-state index is 11.7. The Morgan fingerprint density at radius 2 is 1.76 bits per heavy atom. The maximum Gasteiger partial charge on any atom is 0.226 e. The van der Waals surface area contributed by atoms with E-state index < -0.39 is 0 Å². The average Bonchev–Trinajstić information content (AvgIpc) is 3.17. The van der Waals surface area contributed by atoms with E-state index in [1.165, 1.54) is 12.8 Å². The number of rotatable bonds is 8. The highest BCUT2D eigenvalue weighted by Gasteiger charge is 2.47. The van der Waals surface area contributed by atoms with Crippen LogP contribution in [0.2, 0.25) is 0 Å². The average molecular weight is 246 g/mol. The Hall–Kier alpha value is -0.570. The Balaban J connectivity index is -0.000000609. The zero-order valence-corrected chi connectivity index (χ0v) is 12.1. The third-order valence-electron chi connectivity index (χ3n) is 3.40. The molecule has 17 heavy (non-hydrogen) atoms. The van der Waals surface area contributed by atoms with E-state index in [4.69, 9.17) is 0 Å². The third kappa shape index (κ3) is 6.06. The highest BCUT2D eigenvalue weighted by Crippen LogP contribution is 2.48. The number of carbonyl (C=O) groups is 1. The number of carbonyl (C=O) groups excluding carboxylic acids is 1. The summed E-state index contributed by atoms with van der Waals surface area (Å²) in [6, 6.07) is 0. The van der Waals surface area contributed by atoms with Crippen LogP contribution in [0, 0.1) is 5.41 Å². The second-order valence-corrected chi connectivity index (χ2v) is 4.55. The molecule has 0 aromatic heterocycles. The normalized spacial score (nSPS) is 15.8.